The van der Waals surface area contributed by atoms with Crippen molar-refractivity contribution in [3.63, 3.8) is 0 Å². The Labute approximate surface area is 241 Å². The number of aromatic carboxylic acids is 1. The van der Waals surface area contributed by atoms with Crippen LogP contribution in [0.5, 0.6) is 0 Å². The van der Waals surface area contributed by atoms with Crippen molar-refractivity contribution in [3.05, 3.63) is 41.5 Å². The molecule has 1 unspecified atom stereocenters. The molecule has 3 fully saturated rings. The molecule has 1 aromatic carbocycles. The number of benzene rings is 1. The van der Waals surface area contributed by atoms with E-state index in [2.05, 4.69) is 38.6 Å². The highest BCUT2D eigenvalue weighted by Gasteiger charge is 2.32. The zero-order valence-electron chi connectivity index (χ0n) is 24.4. The van der Waals surface area contributed by atoms with Crippen LogP contribution in [0.1, 0.15) is 94.2 Å². The van der Waals surface area contributed by atoms with E-state index in [-0.39, 0.29) is 23.7 Å². The highest BCUT2D eigenvalue weighted by Crippen LogP contribution is 2.37. The zero-order valence-corrected chi connectivity index (χ0v) is 24.4. The number of nitrogens with one attached hydrogen (secondary N) is 1. The lowest BCUT2D eigenvalue weighted by Gasteiger charge is -2.38. The Morgan fingerprint density at radius 1 is 1.02 bits per heavy atom. The topological polar surface area (TPSA) is 96.2 Å². The van der Waals surface area contributed by atoms with Gasteiger partial charge in [0.2, 0.25) is 11.8 Å². The maximum atomic E-state index is 13.6. The number of piperidine rings is 1. The Morgan fingerprint density at radius 3 is 2.46 bits per heavy atom. The van der Waals surface area contributed by atoms with Crippen molar-refractivity contribution >= 4 is 28.9 Å². The summed E-state index contributed by atoms with van der Waals surface area (Å²) in [5, 5.41) is 13.5. The number of rotatable bonds is 9. The third kappa shape index (κ3) is 6.04. The van der Waals surface area contributed by atoms with Crippen LogP contribution in [0.3, 0.4) is 0 Å². The van der Waals surface area contributed by atoms with Gasteiger partial charge in [0, 0.05) is 25.2 Å². The first-order valence-corrected chi connectivity index (χ1v) is 15.6. The molecule has 0 radical (unpaired) electrons. The molecule has 2 aliphatic carbocycles. The number of aromatic nitrogens is 4. The number of carboxylic acid groups (broad SMARTS) is 1. The average molecular weight is 563 g/mol. The van der Waals surface area contributed by atoms with Crippen molar-refractivity contribution in [2.24, 2.45) is 17.8 Å². The van der Waals surface area contributed by atoms with Gasteiger partial charge in [-0.1, -0.05) is 38.3 Å². The fourth-order valence-electron chi connectivity index (χ4n) is 7.02. The summed E-state index contributed by atoms with van der Waals surface area (Å²) >= 11 is 0. The van der Waals surface area contributed by atoms with Gasteiger partial charge in [0.25, 0.3) is 0 Å². The van der Waals surface area contributed by atoms with E-state index in [1.54, 1.807) is 0 Å². The highest BCUT2D eigenvalue weighted by atomic mass is 19.1. The Balaban J connectivity index is 1.43. The number of carbonyl (C=O) groups is 1. The van der Waals surface area contributed by atoms with E-state index in [1.165, 1.54) is 57.1 Å². The van der Waals surface area contributed by atoms with Gasteiger partial charge in [-0.05, 0) is 93.7 Å². The number of hydrogen-bond acceptors (Lipinski definition) is 6. The number of anilines is 2. The lowest BCUT2D eigenvalue weighted by molar-refractivity contribution is 0.0684. The third-order valence-corrected chi connectivity index (χ3v) is 9.84. The molecule has 0 amide bonds. The van der Waals surface area contributed by atoms with Crippen molar-refractivity contribution in [2.75, 3.05) is 16.8 Å². The second-order valence-corrected chi connectivity index (χ2v) is 12.8. The lowest BCUT2D eigenvalue weighted by Crippen LogP contribution is -2.42. The predicted molar refractivity (Wildman–Crippen MR) is 159 cm³/mol. The van der Waals surface area contributed by atoms with Crippen molar-refractivity contribution < 1.29 is 14.3 Å². The summed E-state index contributed by atoms with van der Waals surface area (Å²) in [6, 6.07) is 7.23. The van der Waals surface area contributed by atoms with Gasteiger partial charge in [0.05, 0.1) is 0 Å². The molecule has 2 N–H and O–H groups in total. The Hall–Kier alpha value is -3.23. The van der Waals surface area contributed by atoms with Crippen molar-refractivity contribution in [1.82, 2.24) is 19.5 Å². The van der Waals surface area contributed by atoms with Gasteiger partial charge in [-0.25, -0.2) is 19.2 Å². The molecule has 220 valence electrons. The van der Waals surface area contributed by atoms with Crippen LogP contribution < -0.4 is 10.2 Å². The molecular formula is C32H43FN6O2. The van der Waals surface area contributed by atoms with Crippen LogP contribution in [0.25, 0.3) is 11.2 Å². The number of nitrogens with zero attached hydrogens (tertiary/aromatic N) is 5. The van der Waals surface area contributed by atoms with E-state index in [4.69, 9.17) is 4.98 Å². The molecule has 1 saturated heterocycles. The SMILES string of the molecule is CC1CCC(Cn2c(N3CCCCC3Cc3ccc(F)cc3)nc3nc(C(=O)O)nc(N[C@H](C)C4CCC4)c32)CC1. The van der Waals surface area contributed by atoms with Crippen molar-refractivity contribution in [1.29, 1.82) is 0 Å². The normalized spacial score (nSPS) is 24.3. The molecule has 8 nitrogen and oxygen atoms in total. The van der Waals surface area contributed by atoms with E-state index in [0.29, 0.717) is 23.3 Å². The number of carboxylic acids is 1. The van der Waals surface area contributed by atoms with Crippen LogP contribution in [0.4, 0.5) is 16.2 Å². The van der Waals surface area contributed by atoms with E-state index in [1.807, 2.05) is 12.1 Å². The maximum Gasteiger partial charge on any atom is 0.374 e. The summed E-state index contributed by atoms with van der Waals surface area (Å²) < 4.78 is 15.9. The predicted octanol–water partition coefficient (Wildman–Crippen LogP) is 6.69. The molecule has 2 atom stereocenters. The summed E-state index contributed by atoms with van der Waals surface area (Å²) in [6.07, 6.45) is 12.4. The Bertz CT molecular complexity index is 1360. The fraction of sp³-hybridized carbons (Fsp3) is 0.625. The molecule has 2 aromatic heterocycles. The van der Waals surface area contributed by atoms with Gasteiger partial charge < -0.3 is 19.9 Å². The standard InChI is InChI=1S/C32H43FN6O2/c1-20-9-11-23(12-10-20)19-39-27-28(34-21(2)24-6-5-7-24)35-30(31(40)41)36-29(27)37-32(39)38-17-4-3-8-26(38)18-22-13-15-25(33)16-14-22/h13-16,20-21,23-24,26H,3-12,17-19H2,1-2H3,(H,40,41)(H,34,35,36)/t20?,21-,23?,26?/m1/s1. The Kier molecular flexibility index (Phi) is 8.13. The molecule has 41 heavy (non-hydrogen) atoms. The molecule has 0 bridgehead atoms. The smallest absolute Gasteiger partial charge is 0.374 e. The summed E-state index contributed by atoms with van der Waals surface area (Å²) in [4.78, 5) is 28.6. The van der Waals surface area contributed by atoms with Crippen LogP contribution in [0.15, 0.2) is 24.3 Å². The molecular weight excluding hydrogens is 519 g/mol. The molecule has 3 heterocycles. The zero-order chi connectivity index (χ0) is 28.5. The van der Waals surface area contributed by atoms with Crippen LogP contribution >= 0.6 is 0 Å². The van der Waals surface area contributed by atoms with E-state index < -0.39 is 5.97 Å². The van der Waals surface area contributed by atoms with Gasteiger partial charge in [0.15, 0.2) is 11.5 Å². The molecule has 2 saturated carbocycles. The minimum atomic E-state index is -1.14. The van der Waals surface area contributed by atoms with Crippen molar-refractivity contribution in [2.45, 2.75) is 103 Å². The summed E-state index contributed by atoms with van der Waals surface area (Å²) in [5.74, 6) is 1.71. The van der Waals surface area contributed by atoms with Crippen LogP contribution in [0, 0.1) is 23.6 Å². The van der Waals surface area contributed by atoms with Gasteiger partial charge in [-0.2, -0.15) is 4.98 Å². The molecule has 9 heteroatoms. The second kappa shape index (κ2) is 11.9. The quantitative estimate of drug-likeness (QED) is 0.300. The third-order valence-electron chi connectivity index (χ3n) is 9.84. The molecule has 3 aromatic rings. The second-order valence-electron chi connectivity index (χ2n) is 12.8. The lowest BCUT2D eigenvalue weighted by atomic mass is 9.80. The molecule has 0 spiro atoms. The first kappa shape index (κ1) is 27.9. The minimum absolute atomic E-state index is 0.187. The van der Waals surface area contributed by atoms with E-state index in [0.717, 1.165) is 61.7 Å². The number of halogens is 1. The van der Waals surface area contributed by atoms with E-state index >= 15 is 0 Å². The summed E-state index contributed by atoms with van der Waals surface area (Å²) in [7, 11) is 0. The number of fused-ring (bicyclic) bond motifs is 1. The molecule has 1 aliphatic heterocycles. The van der Waals surface area contributed by atoms with Crippen LogP contribution in [-0.2, 0) is 13.0 Å². The van der Waals surface area contributed by atoms with Crippen molar-refractivity contribution in [3.8, 4) is 0 Å². The maximum absolute atomic E-state index is 13.6. The summed E-state index contributed by atoms with van der Waals surface area (Å²) in [5.41, 5.74) is 2.38. The minimum Gasteiger partial charge on any atom is -0.475 e. The van der Waals surface area contributed by atoms with Gasteiger partial charge in [-0.15, -0.1) is 0 Å². The van der Waals surface area contributed by atoms with Crippen LogP contribution in [-0.4, -0.2) is 49.2 Å². The largest absolute Gasteiger partial charge is 0.475 e. The number of imidazole rings is 1. The summed E-state index contributed by atoms with van der Waals surface area (Å²) in [6.45, 7) is 6.21. The van der Waals surface area contributed by atoms with Gasteiger partial charge >= 0.3 is 5.97 Å². The van der Waals surface area contributed by atoms with E-state index in [9.17, 15) is 14.3 Å². The molecule has 3 aliphatic rings. The van der Waals surface area contributed by atoms with Gasteiger partial charge in [0.1, 0.15) is 11.3 Å². The Morgan fingerprint density at radius 2 is 1.78 bits per heavy atom. The van der Waals surface area contributed by atoms with Crippen LogP contribution in [0.2, 0.25) is 0 Å². The average Bonchev–Trinajstić information content (AvgIpc) is 3.28. The first-order valence-electron chi connectivity index (χ1n) is 15.6. The first-order chi connectivity index (χ1) is 19.9. The monoisotopic (exact) mass is 562 g/mol. The molecule has 6 rings (SSSR count). The van der Waals surface area contributed by atoms with Gasteiger partial charge in [-0.3, -0.25) is 0 Å². The fourth-order valence-corrected chi connectivity index (χ4v) is 7.02. The number of hydrogen-bond donors (Lipinski definition) is 2. The highest BCUT2D eigenvalue weighted by molar-refractivity contribution is 5.91.